The van der Waals surface area contributed by atoms with Crippen molar-refractivity contribution in [3.8, 4) is 0 Å². The summed E-state index contributed by atoms with van der Waals surface area (Å²) in [5, 5.41) is 5.10. The average Bonchev–Trinajstić information content (AvgIpc) is 3.12. The van der Waals surface area contributed by atoms with Crippen molar-refractivity contribution in [3.63, 3.8) is 0 Å². The summed E-state index contributed by atoms with van der Waals surface area (Å²) in [4.78, 5) is 35.1. The van der Waals surface area contributed by atoms with Gasteiger partial charge >= 0.3 is 5.97 Å². The Morgan fingerprint density at radius 2 is 1.84 bits per heavy atom. The van der Waals surface area contributed by atoms with E-state index in [1.54, 1.807) is 18.2 Å². The van der Waals surface area contributed by atoms with E-state index in [1.165, 1.54) is 25.7 Å². The minimum Gasteiger partial charge on any atom is -0.456 e. The van der Waals surface area contributed by atoms with Crippen LogP contribution >= 0.6 is 15.9 Å². The summed E-state index contributed by atoms with van der Waals surface area (Å²) in [5.41, 5.74) is 0.625. The molecule has 1 fully saturated rings. The lowest BCUT2D eigenvalue weighted by Gasteiger charge is -2.10. The Bertz CT molecular complexity index is 615. The molecule has 2 amide bonds. The predicted molar refractivity (Wildman–Crippen MR) is 97.9 cm³/mol. The molecule has 25 heavy (non-hydrogen) atoms. The van der Waals surface area contributed by atoms with Crippen LogP contribution in [-0.4, -0.2) is 30.9 Å². The first kappa shape index (κ1) is 19.4. The number of rotatable bonds is 8. The zero-order chi connectivity index (χ0) is 18.1. The van der Waals surface area contributed by atoms with Crippen LogP contribution < -0.4 is 10.6 Å². The van der Waals surface area contributed by atoms with Crippen LogP contribution in [0.15, 0.2) is 28.7 Å². The molecule has 1 aromatic rings. The van der Waals surface area contributed by atoms with Crippen molar-refractivity contribution in [1.82, 2.24) is 5.32 Å². The van der Waals surface area contributed by atoms with Gasteiger partial charge in [-0.2, -0.15) is 0 Å². The van der Waals surface area contributed by atoms with Gasteiger partial charge in [0.05, 0.1) is 12.2 Å². The molecule has 136 valence electrons. The van der Waals surface area contributed by atoms with Crippen LogP contribution in [0.5, 0.6) is 0 Å². The molecule has 0 unspecified atom stereocenters. The normalized spacial score (nSPS) is 14.1. The lowest BCUT2D eigenvalue weighted by Crippen LogP contribution is -2.35. The number of esters is 1. The highest BCUT2D eigenvalue weighted by molar-refractivity contribution is 9.10. The van der Waals surface area contributed by atoms with Gasteiger partial charge in [0, 0.05) is 10.9 Å². The molecule has 0 saturated heterocycles. The number of carbonyl (C=O) groups is 3. The number of anilines is 1. The summed E-state index contributed by atoms with van der Waals surface area (Å²) >= 11 is 3.33. The van der Waals surface area contributed by atoms with Crippen molar-refractivity contribution in [1.29, 1.82) is 0 Å². The minimum absolute atomic E-state index is 0.181. The molecule has 2 rings (SSSR count). The minimum atomic E-state index is -0.489. The molecule has 2 N–H and O–H groups in total. The quantitative estimate of drug-likeness (QED) is 0.645. The summed E-state index contributed by atoms with van der Waals surface area (Å²) < 4.78 is 5.70. The Hall–Kier alpha value is -1.89. The molecule has 0 radical (unpaired) electrons. The SMILES string of the molecule is O=C(COC(=O)CCC1CCCC1)NCC(=O)Nc1ccccc1Br. The molecule has 1 saturated carbocycles. The maximum atomic E-state index is 11.8. The molecule has 7 heteroatoms. The van der Waals surface area contributed by atoms with E-state index in [9.17, 15) is 14.4 Å². The van der Waals surface area contributed by atoms with E-state index < -0.39 is 5.91 Å². The van der Waals surface area contributed by atoms with E-state index in [1.807, 2.05) is 6.07 Å². The van der Waals surface area contributed by atoms with Crippen LogP contribution in [-0.2, 0) is 19.1 Å². The number of para-hydroxylation sites is 1. The van der Waals surface area contributed by atoms with Gasteiger partial charge in [0.15, 0.2) is 6.61 Å². The zero-order valence-electron chi connectivity index (χ0n) is 14.1. The summed E-state index contributed by atoms with van der Waals surface area (Å²) in [7, 11) is 0. The molecule has 0 aliphatic heterocycles. The van der Waals surface area contributed by atoms with Gasteiger partial charge < -0.3 is 15.4 Å². The fourth-order valence-electron chi connectivity index (χ4n) is 2.83. The maximum Gasteiger partial charge on any atom is 0.306 e. The largest absolute Gasteiger partial charge is 0.456 e. The molecule has 0 atom stereocenters. The van der Waals surface area contributed by atoms with Crippen LogP contribution in [0.25, 0.3) is 0 Å². The van der Waals surface area contributed by atoms with Gasteiger partial charge in [-0.15, -0.1) is 0 Å². The number of hydrogen-bond donors (Lipinski definition) is 2. The highest BCUT2D eigenvalue weighted by Gasteiger charge is 2.17. The molecule has 0 bridgehead atoms. The zero-order valence-corrected chi connectivity index (χ0v) is 15.6. The van der Waals surface area contributed by atoms with Gasteiger partial charge in [0.25, 0.3) is 5.91 Å². The van der Waals surface area contributed by atoms with E-state index in [4.69, 9.17) is 4.74 Å². The average molecular weight is 411 g/mol. The monoisotopic (exact) mass is 410 g/mol. The third-order valence-electron chi connectivity index (χ3n) is 4.19. The fraction of sp³-hybridized carbons (Fsp3) is 0.500. The third-order valence-corrected chi connectivity index (χ3v) is 4.88. The number of benzene rings is 1. The number of halogens is 1. The van der Waals surface area contributed by atoms with Crippen molar-refractivity contribution in [2.75, 3.05) is 18.5 Å². The highest BCUT2D eigenvalue weighted by Crippen LogP contribution is 2.28. The molecule has 1 aliphatic carbocycles. The summed E-state index contributed by atoms with van der Waals surface area (Å²) in [5.74, 6) is -0.591. The molecule has 1 aromatic carbocycles. The van der Waals surface area contributed by atoms with Crippen molar-refractivity contribution in [2.24, 2.45) is 5.92 Å². The van der Waals surface area contributed by atoms with Crippen molar-refractivity contribution in [2.45, 2.75) is 38.5 Å². The lowest BCUT2D eigenvalue weighted by molar-refractivity contribution is -0.148. The highest BCUT2D eigenvalue weighted by atomic mass is 79.9. The second kappa shape index (κ2) is 10.2. The Labute approximate surface area is 155 Å². The van der Waals surface area contributed by atoms with Gasteiger partial charge in [-0.05, 0) is 40.4 Å². The van der Waals surface area contributed by atoms with Gasteiger partial charge in [-0.25, -0.2) is 0 Å². The molecular weight excluding hydrogens is 388 g/mol. The van der Waals surface area contributed by atoms with Crippen LogP contribution in [0.2, 0.25) is 0 Å². The Balaban J connectivity index is 1.59. The molecule has 1 aliphatic rings. The standard InChI is InChI=1S/C18H23BrN2O4/c19-14-7-3-4-8-15(14)21-16(22)11-20-17(23)12-25-18(24)10-9-13-5-1-2-6-13/h3-4,7-8,13H,1-2,5-6,9-12H2,(H,20,23)(H,21,22). The van der Waals surface area contributed by atoms with Gasteiger partial charge in [0.2, 0.25) is 5.91 Å². The van der Waals surface area contributed by atoms with E-state index in [0.717, 1.165) is 10.9 Å². The first-order chi connectivity index (χ1) is 12.0. The molecule has 0 heterocycles. The fourth-order valence-corrected chi connectivity index (χ4v) is 3.21. The van der Waals surface area contributed by atoms with Crippen LogP contribution in [0.4, 0.5) is 5.69 Å². The topological polar surface area (TPSA) is 84.5 Å². The van der Waals surface area contributed by atoms with Crippen molar-refractivity contribution in [3.05, 3.63) is 28.7 Å². The van der Waals surface area contributed by atoms with E-state index in [2.05, 4.69) is 26.6 Å². The third kappa shape index (κ3) is 7.25. The number of nitrogens with one attached hydrogen (secondary N) is 2. The van der Waals surface area contributed by atoms with Crippen molar-refractivity contribution >= 4 is 39.4 Å². The first-order valence-electron chi connectivity index (χ1n) is 8.51. The van der Waals surface area contributed by atoms with E-state index in [0.29, 0.717) is 18.0 Å². The van der Waals surface area contributed by atoms with Gasteiger partial charge in [-0.1, -0.05) is 37.8 Å². The Morgan fingerprint density at radius 3 is 2.56 bits per heavy atom. The maximum absolute atomic E-state index is 11.8. The van der Waals surface area contributed by atoms with Crippen LogP contribution in [0, 0.1) is 5.92 Å². The van der Waals surface area contributed by atoms with Gasteiger partial charge in [-0.3, -0.25) is 14.4 Å². The summed E-state index contributed by atoms with van der Waals surface area (Å²) in [6, 6.07) is 7.18. The molecule has 6 nitrogen and oxygen atoms in total. The van der Waals surface area contributed by atoms with Crippen LogP contribution in [0.1, 0.15) is 38.5 Å². The second-order valence-electron chi connectivity index (χ2n) is 6.15. The lowest BCUT2D eigenvalue weighted by atomic mass is 10.0. The Kier molecular flexibility index (Phi) is 7.91. The van der Waals surface area contributed by atoms with Crippen LogP contribution in [0.3, 0.4) is 0 Å². The molecule has 0 aromatic heterocycles. The number of ether oxygens (including phenoxy) is 1. The first-order valence-corrected chi connectivity index (χ1v) is 9.30. The second-order valence-corrected chi connectivity index (χ2v) is 7.01. The van der Waals surface area contributed by atoms with Gasteiger partial charge in [0.1, 0.15) is 0 Å². The number of amides is 2. The predicted octanol–water partition coefficient (Wildman–Crippen LogP) is 3.02. The molecular formula is C18H23BrN2O4. The smallest absolute Gasteiger partial charge is 0.306 e. The van der Waals surface area contributed by atoms with E-state index in [-0.39, 0.29) is 25.0 Å². The Morgan fingerprint density at radius 1 is 1.12 bits per heavy atom. The van der Waals surface area contributed by atoms with Crippen molar-refractivity contribution < 1.29 is 19.1 Å². The molecule has 0 spiro atoms. The summed E-state index contributed by atoms with van der Waals surface area (Å²) in [6.45, 7) is -0.536. The number of hydrogen-bond acceptors (Lipinski definition) is 4. The number of carbonyl (C=O) groups excluding carboxylic acids is 3. The van der Waals surface area contributed by atoms with E-state index >= 15 is 0 Å². The summed E-state index contributed by atoms with van der Waals surface area (Å²) in [6.07, 6.45) is 6.02.